The zero-order valence-corrected chi connectivity index (χ0v) is 15.4. The van der Waals surface area contributed by atoms with Gasteiger partial charge in [0.25, 0.3) is 11.6 Å². The van der Waals surface area contributed by atoms with Crippen molar-refractivity contribution in [2.24, 2.45) is 0 Å². The van der Waals surface area contributed by atoms with E-state index in [4.69, 9.17) is 4.74 Å². The Kier molecular flexibility index (Phi) is 4.70. The second kappa shape index (κ2) is 6.99. The van der Waals surface area contributed by atoms with Crippen molar-refractivity contribution >= 4 is 11.6 Å². The predicted molar refractivity (Wildman–Crippen MR) is 91.0 cm³/mol. The lowest BCUT2D eigenvalue weighted by atomic mass is 10.3. The molecule has 3 aromatic heterocycles. The zero-order chi connectivity index (χ0) is 21.7. The van der Waals surface area contributed by atoms with Crippen molar-refractivity contribution in [1.29, 1.82) is 0 Å². The van der Waals surface area contributed by atoms with E-state index in [0.717, 1.165) is 16.6 Å². The molecule has 13 heteroatoms. The fourth-order valence-corrected chi connectivity index (χ4v) is 3.13. The number of rotatable bonds is 3. The van der Waals surface area contributed by atoms with Gasteiger partial charge in [0.2, 0.25) is 5.88 Å². The van der Waals surface area contributed by atoms with Gasteiger partial charge in [-0.2, -0.15) is 35.8 Å². The number of pyridine rings is 1. The molecule has 30 heavy (non-hydrogen) atoms. The summed E-state index contributed by atoms with van der Waals surface area (Å²) >= 11 is 0. The molecule has 160 valence electrons. The molecule has 0 spiro atoms. The summed E-state index contributed by atoms with van der Waals surface area (Å²) in [4.78, 5) is 12.9. The van der Waals surface area contributed by atoms with Crippen LogP contribution in [0, 0.1) is 6.92 Å². The molecular weight excluding hydrogens is 418 g/mol. The Labute approximate surface area is 165 Å². The van der Waals surface area contributed by atoms with Gasteiger partial charge < -0.3 is 9.64 Å². The standard InChI is InChI=1S/C17H14F6N6O/c1-9-6-13(29-15(25-9)26-14(27-29)17(21,22)23)28-5-4-11(8-28)30-12-3-2-10(7-24-12)16(18,19)20/h2-3,6-7,11H,4-5,8H2,1H3. The van der Waals surface area contributed by atoms with Crippen LogP contribution in [0.1, 0.15) is 23.5 Å². The largest absolute Gasteiger partial charge is 0.472 e. The molecule has 1 unspecified atom stereocenters. The third-order valence-electron chi connectivity index (χ3n) is 4.50. The van der Waals surface area contributed by atoms with E-state index in [1.54, 1.807) is 17.9 Å². The summed E-state index contributed by atoms with van der Waals surface area (Å²) < 4.78 is 83.4. The molecule has 4 rings (SSSR count). The number of aryl methyl sites for hydroxylation is 1. The average molecular weight is 432 g/mol. The number of hydrogen-bond acceptors (Lipinski definition) is 6. The molecule has 1 aliphatic heterocycles. The number of nitrogens with zero attached hydrogens (tertiary/aromatic N) is 6. The minimum Gasteiger partial charge on any atom is -0.472 e. The van der Waals surface area contributed by atoms with E-state index in [-0.39, 0.29) is 18.2 Å². The lowest BCUT2D eigenvalue weighted by Crippen LogP contribution is -2.27. The summed E-state index contributed by atoms with van der Waals surface area (Å²) in [5.41, 5.74) is -0.420. The molecule has 4 heterocycles. The van der Waals surface area contributed by atoms with Gasteiger partial charge in [-0.05, 0) is 13.0 Å². The van der Waals surface area contributed by atoms with E-state index in [1.807, 2.05) is 0 Å². The zero-order valence-electron chi connectivity index (χ0n) is 15.4. The lowest BCUT2D eigenvalue weighted by Gasteiger charge is -2.19. The summed E-state index contributed by atoms with van der Waals surface area (Å²) in [6, 6.07) is 3.59. The van der Waals surface area contributed by atoms with Gasteiger partial charge in [0.05, 0.1) is 12.1 Å². The highest BCUT2D eigenvalue weighted by Gasteiger charge is 2.37. The van der Waals surface area contributed by atoms with E-state index < -0.39 is 29.8 Å². The molecule has 0 amide bonds. The second-order valence-electron chi connectivity index (χ2n) is 6.76. The van der Waals surface area contributed by atoms with Gasteiger partial charge in [-0.3, -0.25) is 0 Å². The minimum absolute atomic E-state index is 0.0334. The first kappa shape index (κ1) is 20.2. The van der Waals surface area contributed by atoms with Crippen molar-refractivity contribution in [2.75, 3.05) is 18.0 Å². The Morgan fingerprint density at radius 2 is 1.83 bits per heavy atom. The molecule has 0 radical (unpaired) electrons. The normalized spacial score (nSPS) is 17.7. The van der Waals surface area contributed by atoms with Crippen LogP contribution in [-0.4, -0.2) is 43.8 Å². The van der Waals surface area contributed by atoms with Crippen molar-refractivity contribution in [3.8, 4) is 5.88 Å². The Hall–Kier alpha value is -3.12. The Bertz CT molecular complexity index is 1060. The number of aromatic nitrogens is 5. The number of anilines is 1. The van der Waals surface area contributed by atoms with Crippen LogP contribution in [0.3, 0.4) is 0 Å². The number of alkyl halides is 6. The van der Waals surface area contributed by atoms with E-state index in [2.05, 4.69) is 20.1 Å². The molecule has 0 N–H and O–H groups in total. The summed E-state index contributed by atoms with van der Waals surface area (Å²) in [6.45, 7) is 2.34. The number of ether oxygens (including phenoxy) is 1. The maximum atomic E-state index is 13.0. The molecule has 1 saturated heterocycles. The van der Waals surface area contributed by atoms with Gasteiger partial charge in [-0.1, -0.05) is 0 Å². The predicted octanol–water partition coefficient (Wildman–Crippen LogP) is 3.52. The quantitative estimate of drug-likeness (QED) is 0.590. The number of halogens is 6. The Balaban J connectivity index is 1.53. The maximum absolute atomic E-state index is 13.0. The van der Waals surface area contributed by atoms with Crippen LogP contribution in [-0.2, 0) is 12.4 Å². The summed E-state index contributed by atoms with van der Waals surface area (Å²) in [5.74, 6) is -1.06. The van der Waals surface area contributed by atoms with Gasteiger partial charge >= 0.3 is 12.4 Å². The SMILES string of the molecule is Cc1cc(N2CCC(Oc3ccc(C(F)(F)F)cn3)C2)n2nc(C(F)(F)F)nc2n1. The van der Waals surface area contributed by atoms with Gasteiger partial charge in [0.15, 0.2) is 0 Å². The van der Waals surface area contributed by atoms with Crippen molar-refractivity contribution in [3.05, 3.63) is 41.5 Å². The molecule has 0 aromatic carbocycles. The molecule has 7 nitrogen and oxygen atoms in total. The van der Waals surface area contributed by atoms with Crippen molar-refractivity contribution in [3.63, 3.8) is 0 Å². The molecule has 1 fully saturated rings. The van der Waals surface area contributed by atoms with Crippen LogP contribution in [0.4, 0.5) is 32.2 Å². The Morgan fingerprint density at radius 1 is 1.07 bits per heavy atom. The van der Waals surface area contributed by atoms with E-state index >= 15 is 0 Å². The van der Waals surface area contributed by atoms with Gasteiger partial charge in [0.1, 0.15) is 11.9 Å². The first-order valence-corrected chi connectivity index (χ1v) is 8.77. The molecule has 0 aliphatic carbocycles. The van der Waals surface area contributed by atoms with Crippen LogP contribution in [0.2, 0.25) is 0 Å². The first-order chi connectivity index (χ1) is 14.0. The topological polar surface area (TPSA) is 68.4 Å². The smallest absolute Gasteiger partial charge is 0.453 e. The maximum Gasteiger partial charge on any atom is 0.453 e. The minimum atomic E-state index is -4.70. The van der Waals surface area contributed by atoms with Gasteiger partial charge in [0, 0.05) is 37.0 Å². The molecule has 0 bridgehead atoms. The highest BCUT2D eigenvalue weighted by molar-refractivity contribution is 5.48. The average Bonchev–Trinajstić information content (AvgIpc) is 3.27. The lowest BCUT2D eigenvalue weighted by molar-refractivity contribution is -0.144. The third kappa shape index (κ3) is 3.96. The number of fused-ring (bicyclic) bond motifs is 1. The van der Waals surface area contributed by atoms with Crippen molar-refractivity contribution in [1.82, 2.24) is 24.6 Å². The molecule has 1 aliphatic rings. The van der Waals surface area contributed by atoms with Gasteiger partial charge in [-0.25, -0.2) is 9.97 Å². The van der Waals surface area contributed by atoms with E-state index in [0.29, 0.717) is 30.7 Å². The van der Waals surface area contributed by atoms with Crippen LogP contribution in [0.15, 0.2) is 24.4 Å². The van der Waals surface area contributed by atoms with Crippen LogP contribution in [0.25, 0.3) is 5.78 Å². The van der Waals surface area contributed by atoms with Crippen molar-refractivity contribution in [2.45, 2.75) is 31.8 Å². The first-order valence-electron chi connectivity index (χ1n) is 8.77. The Morgan fingerprint density at radius 3 is 2.47 bits per heavy atom. The fourth-order valence-electron chi connectivity index (χ4n) is 3.13. The van der Waals surface area contributed by atoms with E-state index in [1.165, 1.54) is 0 Å². The van der Waals surface area contributed by atoms with Crippen molar-refractivity contribution < 1.29 is 31.1 Å². The summed E-state index contributed by atoms with van der Waals surface area (Å²) in [6.07, 6.45) is -8.43. The third-order valence-corrected chi connectivity index (χ3v) is 4.50. The number of hydrogen-bond donors (Lipinski definition) is 0. The van der Waals surface area contributed by atoms with Crippen LogP contribution < -0.4 is 9.64 Å². The second-order valence-corrected chi connectivity index (χ2v) is 6.76. The summed E-state index contributed by atoms with van der Waals surface area (Å²) in [5, 5.41) is 3.53. The molecule has 0 saturated carbocycles. The molecular formula is C17H14F6N6O. The summed E-state index contributed by atoms with van der Waals surface area (Å²) in [7, 11) is 0. The highest BCUT2D eigenvalue weighted by atomic mass is 19.4. The van der Waals surface area contributed by atoms with Crippen LogP contribution in [0.5, 0.6) is 5.88 Å². The molecule has 1 atom stereocenters. The van der Waals surface area contributed by atoms with Crippen LogP contribution >= 0.6 is 0 Å². The van der Waals surface area contributed by atoms with E-state index in [9.17, 15) is 26.3 Å². The fraction of sp³-hybridized carbons (Fsp3) is 0.412. The van der Waals surface area contributed by atoms with Gasteiger partial charge in [-0.15, -0.1) is 5.10 Å². The highest BCUT2D eigenvalue weighted by Crippen LogP contribution is 2.31. The molecule has 3 aromatic rings. The monoisotopic (exact) mass is 432 g/mol.